The summed E-state index contributed by atoms with van der Waals surface area (Å²) in [6.07, 6.45) is 0.885. The number of aromatic amines is 1. The molecule has 140 valence electrons. The second-order valence-corrected chi connectivity index (χ2v) is 7.26. The molecule has 1 N–H and O–H groups in total. The van der Waals surface area contributed by atoms with E-state index in [9.17, 15) is 4.79 Å². The monoisotopic (exact) mass is 361 g/mol. The van der Waals surface area contributed by atoms with E-state index in [2.05, 4.69) is 54.1 Å². The fourth-order valence-corrected chi connectivity index (χ4v) is 3.98. The van der Waals surface area contributed by atoms with Crippen molar-refractivity contribution in [2.45, 2.75) is 33.4 Å². The minimum atomic E-state index is 0.125. The van der Waals surface area contributed by atoms with Gasteiger partial charge < -0.3 is 9.88 Å². The summed E-state index contributed by atoms with van der Waals surface area (Å²) in [4.78, 5) is 20.9. The fourth-order valence-electron chi connectivity index (χ4n) is 3.98. The highest BCUT2D eigenvalue weighted by Gasteiger charge is 2.24. The predicted molar refractivity (Wildman–Crippen MR) is 110 cm³/mol. The summed E-state index contributed by atoms with van der Waals surface area (Å²) in [6.45, 7) is 8.81. The number of carbonyl (C=O) groups excluding carboxylic acids is 1. The Hall–Kier alpha value is -2.59. The zero-order valence-corrected chi connectivity index (χ0v) is 16.2. The summed E-state index contributed by atoms with van der Waals surface area (Å²) in [5, 5.41) is 1.24. The Kier molecular flexibility index (Phi) is 4.99. The number of hydrogen-bond donors (Lipinski definition) is 1. The SMILES string of the molecule is CCN(CC)Cc1ccc(C(=O)N2CCc3[nH]c4ccccc4c3C2)cc1. The van der Waals surface area contributed by atoms with Crippen LogP contribution in [0.4, 0.5) is 0 Å². The van der Waals surface area contributed by atoms with E-state index in [-0.39, 0.29) is 5.91 Å². The zero-order valence-electron chi connectivity index (χ0n) is 16.2. The Morgan fingerprint density at radius 3 is 2.56 bits per heavy atom. The molecule has 1 amide bonds. The zero-order chi connectivity index (χ0) is 18.8. The number of rotatable bonds is 5. The molecule has 3 aromatic rings. The van der Waals surface area contributed by atoms with Gasteiger partial charge in [0.2, 0.25) is 0 Å². The van der Waals surface area contributed by atoms with Crippen LogP contribution in [0.1, 0.15) is 41.0 Å². The average Bonchev–Trinajstić information content (AvgIpc) is 3.10. The van der Waals surface area contributed by atoms with Gasteiger partial charge in [0.05, 0.1) is 0 Å². The first kappa shape index (κ1) is 17.8. The number of carbonyl (C=O) groups is 1. The molecule has 2 aromatic carbocycles. The molecule has 0 atom stereocenters. The lowest BCUT2D eigenvalue weighted by Crippen LogP contribution is -2.35. The van der Waals surface area contributed by atoms with Crippen molar-refractivity contribution in [3.05, 3.63) is 70.9 Å². The van der Waals surface area contributed by atoms with E-state index in [1.807, 2.05) is 23.1 Å². The van der Waals surface area contributed by atoms with E-state index in [1.165, 1.54) is 22.2 Å². The molecule has 2 heterocycles. The first-order valence-corrected chi connectivity index (χ1v) is 9.88. The molecule has 0 radical (unpaired) electrons. The van der Waals surface area contributed by atoms with Crippen LogP contribution in [-0.4, -0.2) is 40.3 Å². The molecule has 4 heteroatoms. The second kappa shape index (κ2) is 7.57. The largest absolute Gasteiger partial charge is 0.358 e. The Bertz CT molecular complexity index is 938. The third-order valence-electron chi connectivity index (χ3n) is 5.67. The minimum absolute atomic E-state index is 0.125. The van der Waals surface area contributed by atoms with Crippen molar-refractivity contribution >= 4 is 16.8 Å². The number of H-pyrrole nitrogens is 1. The molecule has 27 heavy (non-hydrogen) atoms. The van der Waals surface area contributed by atoms with Gasteiger partial charge in [-0.15, -0.1) is 0 Å². The summed E-state index contributed by atoms with van der Waals surface area (Å²) < 4.78 is 0. The maximum Gasteiger partial charge on any atom is 0.254 e. The molecular weight excluding hydrogens is 334 g/mol. The predicted octanol–water partition coefficient (Wildman–Crippen LogP) is 4.21. The van der Waals surface area contributed by atoms with Crippen LogP contribution in [-0.2, 0) is 19.5 Å². The lowest BCUT2D eigenvalue weighted by molar-refractivity contribution is 0.0735. The molecule has 1 aliphatic rings. The van der Waals surface area contributed by atoms with Crippen molar-refractivity contribution in [1.29, 1.82) is 0 Å². The molecule has 0 bridgehead atoms. The van der Waals surface area contributed by atoms with Gasteiger partial charge in [0.25, 0.3) is 5.91 Å². The first-order valence-electron chi connectivity index (χ1n) is 9.88. The van der Waals surface area contributed by atoms with Crippen LogP contribution in [0, 0.1) is 0 Å². The molecule has 0 aliphatic carbocycles. The summed E-state index contributed by atoms with van der Waals surface area (Å²) in [6, 6.07) is 16.5. The molecule has 0 spiro atoms. The van der Waals surface area contributed by atoms with Gasteiger partial charge in [-0.3, -0.25) is 9.69 Å². The molecule has 0 saturated heterocycles. The van der Waals surface area contributed by atoms with Crippen LogP contribution in [0.3, 0.4) is 0 Å². The van der Waals surface area contributed by atoms with Crippen LogP contribution in [0.15, 0.2) is 48.5 Å². The molecular formula is C23H27N3O. The van der Waals surface area contributed by atoms with Gasteiger partial charge in [0, 0.05) is 53.8 Å². The highest BCUT2D eigenvalue weighted by molar-refractivity contribution is 5.95. The van der Waals surface area contributed by atoms with Gasteiger partial charge in [-0.05, 0) is 36.9 Å². The quantitative estimate of drug-likeness (QED) is 0.739. The summed E-state index contributed by atoms with van der Waals surface area (Å²) >= 11 is 0. The fraction of sp³-hybridized carbons (Fsp3) is 0.348. The highest BCUT2D eigenvalue weighted by atomic mass is 16.2. The number of para-hydroxylation sites is 1. The number of fused-ring (bicyclic) bond motifs is 3. The standard InChI is InChI=1S/C23H27N3O/c1-3-25(4-2)15-17-9-11-18(12-10-17)23(27)26-14-13-22-20(16-26)19-7-5-6-8-21(19)24-22/h5-12,24H,3-4,13-16H2,1-2H3. The van der Waals surface area contributed by atoms with Crippen molar-refractivity contribution in [1.82, 2.24) is 14.8 Å². The number of aromatic nitrogens is 1. The van der Waals surface area contributed by atoms with Crippen LogP contribution >= 0.6 is 0 Å². The molecule has 4 rings (SSSR count). The van der Waals surface area contributed by atoms with Crippen molar-refractivity contribution < 1.29 is 4.79 Å². The first-order chi connectivity index (χ1) is 13.2. The number of hydrogen-bond acceptors (Lipinski definition) is 2. The van der Waals surface area contributed by atoms with E-state index in [0.29, 0.717) is 6.54 Å². The van der Waals surface area contributed by atoms with E-state index >= 15 is 0 Å². The van der Waals surface area contributed by atoms with Crippen molar-refractivity contribution in [2.24, 2.45) is 0 Å². The summed E-state index contributed by atoms with van der Waals surface area (Å²) in [7, 11) is 0. The van der Waals surface area contributed by atoms with E-state index < -0.39 is 0 Å². The number of nitrogens with zero attached hydrogens (tertiary/aromatic N) is 2. The van der Waals surface area contributed by atoms with Crippen LogP contribution in [0.5, 0.6) is 0 Å². The highest BCUT2D eigenvalue weighted by Crippen LogP contribution is 2.28. The Morgan fingerprint density at radius 2 is 1.81 bits per heavy atom. The Morgan fingerprint density at radius 1 is 1.07 bits per heavy atom. The lowest BCUT2D eigenvalue weighted by atomic mass is 10.0. The number of benzene rings is 2. The van der Waals surface area contributed by atoms with Gasteiger partial charge >= 0.3 is 0 Å². The third kappa shape index (κ3) is 3.50. The van der Waals surface area contributed by atoms with Gasteiger partial charge in [0.1, 0.15) is 0 Å². The van der Waals surface area contributed by atoms with Gasteiger partial charge in [0.15, 0.2) is 0 Å². The van der Waals surface area contributed by atoms with Gasteiger partial charge in [-0.1, -0.05) is 44.2 Å². The molecule has 1 aliphatic heterocycles. The summed E-state index contributed by atoms with van der Waals surface area (Å²) in [5.41, 5.74) is 5.74. The topological polar surface area (TPSA) is 39.3 Å². The second-order valence-electron chi connectivity index (χ2n) is 7.26. The van der Waals surface area contributed by atoms with Gasteiger partial charge in [-0.2, -0.15) is 0 Å². The molecule has 0 unspecified atom stereocenters. The lowest BCUT2D eigenvalue weighted by Gasteiger charge is -2.27. The number of nitrogens with one attached hydrogen (secondary N) is 1. The van der Waals surface area contributed by atoms with Crippen molar-refractivity contribution in [3.63, 3.8) is 0 Å². The van der Waals surface area contributed by atoms with Crippen molar-refractivity contribution in [2.75, 3.05) is 19.6 Å². The molecule has 4 nitrogen and oxygen atoms in total. The minimum Gasteiger partial charge on any atom is -0.358 e. The van der Waals surface area contributed by atoms with Crippen LogP contribution in [0.25, 0.3) is 10.9 Å². The third-order valence-corrected chi connectivity index (χ3v) is 5.67. The Labute approximate surface area is 160 Å². The normalized spacial score (nSPS) is 14.0. The van der Waals surface area contributed by atoms with Gasteiger partial charge in [-0.25, -0.2) is 0 Å². The van der Waals surface area contributed by atoms with Crippen LogP contribution in [0.2, 0.25) is 0 Å². The maximum absolute atomic E-state index is 13.0. The number of amides is 1. The van der Waals surface area contributed by atoms with Crippen LogP contribution < -0.4 is 0 Å². The molecule has 1 aromatic heterocycles. The van der Waals surface area contributed by atoms with E-state index in [1.54, 1.807) is 0 Å². The van der Waals surface area contributed by atoms with Crippen molar-refractivity contribution in [3.8, 4) is 0 Å². The molecule has 0 fully saturated rings. The Balaban J connectivity index is 1.50. The maximum atomic E-state index is 13.0. The average molecular weight is 361 g/mol. The smallest absolute Gasteiger partial charge is 0.254 e. The van der Waals surface area contributed by atoms with E-state index in [0.717, 1.165) is 43.7 Å². The van der Waals surface area contributed by atoms with E-state index in [4.69, 9.17) is 0 Å². The molecule has 0 saturated carbocycles. The summed E-state index contributed by atoms with van der Waals surface area (Å²) in [5.74, 6) is 0.125.